The topological polar surface area (TPSA) is 44.8 Å². The number of methoxy groups -OCH3 is 1. The normalized spacial score (nSPS) is 37.7. The molecular formula is C19H30O4. The Bertz CT molecular complexity index is 420. The third-order valence-corrected chi connectivity index (χ3v) is 5.37. The molecule has 0 radical (unpaired) electrons. The molecule has 2 aliphatic carbocycles. The van der Waals surface area contributed by atoms with Gasteiger partial charge in [0.25, 0.3) is 0 Å². The summed E-state index contributed by atoms with van der Waals surface area (Å²) in [5.41, 5.74) is 0. The van der Waals surface area contributed by atoms with Gasteiger partial charge in [-0.15, -0.1) is 13.2 Å². The van der Waals surface area contributed by atoms with Crippen LogP contribution in [-0.2, 0) is 14.2 Å². The number of allylic oxidation sites excluding steroid dienone is 2. The van der Waals surface area contributed by atoms with Crippen LogP contribution < -0.4 is 0 Å². The Labute approximate surface area is 139 Å². The van der Waals surface area contributed by atoms with E-state index in [9.17, 15) is 4.79 Å². The second-order valence-electron chi connectivity index (χ2n) is 6.93. The van der Waals surface area contributed by atoms with Crippen molar-refractivity contribution >= 4 is 6.16 Å². The zero-order valence-electron chi connectivity index (χ0n) is 14.4. The molecule has 0 amide bonds. The van der Waals surface area contributed by atoms with Gasteiger partial charge in [-0.2, -0.15) is 0 Å². The molecule has 0 heterocycles. The van der Waals surface area contributed by atoms with E-state index in [-0.39, 0.29) is 18.3 Å². The Morgan fingerprint density at radius 1 is 0.913 bits per heavy atom. The summed E-state index contributed by atoms with van der Waals surface area (Å²) in [5.74, 6) is 1.25. The Morgan fingerprint density at radius 3 is 2.04 bits per heavy atom. The second-order valence-corrected chi connectivity index (χ2v) is 6.93. The van der Waals surface area contributed by atoms with Crippen LogP contribution in [0.4, 0.5) is 4.79 Å². The molecule has 6 unspecified atom stereocenters. The molecule has 2 fully saturated rings. The first-order valence-corrected chi connectivity index (χ1v) is 8.72. The summed E-state index contributed by atoms with van der Waals surface area (Å²) >= 11 is 0. The van der Waals surface area contributed by atoms with Crippen molar-refractivity contribution in [2.24, 2.45) is 17.8 Å². The Morgan fingerprint density at radius 2 is 1.48 bits per heavy atom. The summed E-state index contributed by atoms with van der Waals surface area (Å²) < 4.78 is 16.6. The maximum Gasteiger partial charge on any atom is 0.508 e. The standard InChI is InChI=1S/C19H30O4/c1-5-14-7-9-16(13(3)11-14)22-19(20)23-18-12-15(6-2)8-10-17(18)21-4/h5-6,13-18H,1-2,7-12H2,3-4H3. The highest BCUT2D eigenvalue weighted by Crippen LogP contribution is 2.33. The Balaban J connectivity index is 1.85. The molecule has 0 aromatic heterocycles. The number of hydrogen-bond acceptors (Lipinski definition) is 4. The van der Waals surface area contributed by atoms with Gasteiger partial charge in [0.2, 0.25) is 0 Å². The van der Waals surface area contributed by atoms with E-state index in [0.717, 1.165) is 38.5 Å². The molecule has 0 aromatic rings. The minimum absolute atomic E-state index is 0.0484. The van der Waals surface area contributed by atoms with Crippen LogP contribution in [-0.4, -0.2) is 31.6 Å². The summed E-state index contributed by atoms with van der Waals surface area (Å²) in [6.45, 7) is 9.83. The van der Waals surface area contributed by atoms with Crippen LogP contribution in [0.15, 0.2) is 25.3 Å². The lowest BCUT2D eigenvalue weighted by Gasteiger charge is -2.35. The molecule has 0 spiro atoms. The highest BCUT2D eigenvalue weighted by Gasteiger charge is 2.35. The number of ether oxygens (including phenoxy) is 3. The summed E-state index contributed by atoms with van der Waals surface area (Å²) in [6.07, 6.45) is 8.61. The van der Waals surface area contributed by atoms with E-state index >= 15 is 0 Å². The molecule has 0 saturated heterocycles. The first-order chi connectivity index (χ1) is 11.1. The van der Waals surface area contributed by atoms with E-state index in [1.54, 1.807) is 7.11 Å². The van der Waals surface area contributed by atoms with Gasteiger partial charge in [-0.1, -0.05) is 19.1 Å². The van der Waals surface area contributed by atoms with E-state index in [4.69, 9.17) is 14.2 Å². The molecule has 0 bridgehead atoms. The lowest BCUT2D eigenvalue weighted by Crippen LogP contribution is -2.40. The van der Waals surface area contributed by atoms with Crippen molar-refractivity contribution in [3.8, 4) is 0 Å². The van der Waals surface area contributed by atoms with Crippen molar-refractivity contribution in [3.05, 3.63) is 25.3 Å². The van der Waals surface area contributed by atoms with Gasteiger partial charge in [-0.3, -0.25) is 0 Å². The Hall–Kier alpha value is -1.29. The van der Waals surface area contributed by atoms with E-state index < -0.39 is 6.16 Å². The molecule has 2 rings (SSSR count). The minimum Gasteiger partial charge on any atom is -0.431 e. The predicted octanol–water partition coefficient (Wildman–Crippen LogP) is 4.50. The molecule has 0 aliphatic heterocycles. The van der Waals surface area contributed by atoms with Gasteiger partial charge >= 0.3 is 6.16 Å². The van der Waals surface area contributed by atoms with E-state index in [0.29, 0.717) is 17.8 Å². The summed E-state index contributed by atoms with van der Waals surface area (Å²) in [6, 6.07) is 0. The van der Waals surface area contributed by atoms with Crippen LogP contribution in [0.25, 0.3) is 0 Å². The molecular weight excluding hydrogens is 292 g/mol. The van der Waals surface area contributed by atoms with Crippen molar-refractivity contribution in [2.45, 2.75) is 63.8 Å². The van der Waals surface area contributed by atoms with Crippen LogP contribution in [0, 0.1) is 17.8 Å². The molecule has 2 saturated carbocycles. The molecule has 6 atom stereocenters. The fourth-order valence-corrected chi connectivity index (χ4v) is 3.81. The molecule has 2 aliphatic rings. The third kappa shape index (κ3) is 4.84. The van der Waals surface area contributed by atoms with Crippen molar-refractivity contribution < 1.29 is 19.0 Å². The van der Waals surface area contributed by atoms with Crippen LogP contribution in [0.1, 0.15) is 45.4 Å². The van der Waals surface area contributed by atoms with Gasteiger partial charge < -0.3 is 14.2 Å². The lowest BCUT2D eigenvalue weighted by molar-refractivity contribution is -0.0870. The smallest absolute Gasteiger partial charge is 0.431 e. The molecule has 130 valence electrons. The minimum atomic E-state index is -0.560. The zero-order chi connectivity index (χ0) is 16.8. The second kappa shape index (κ2) is 8.53. The summed E-state index contributed by atoms with van der Waals surface area (Å²) in [5, 5.41) is 0. The fourth-order valence-electron chi connectivity index (χ4n) is 3.81. The molecule has 0 N–H and O–H groups in total. The van der Waals surface area contributed by atoms with Crippen molar-refractivity contribution in [3.63, 3.8) is 0 Å². The summed E-state index contributed by atoms with van der Waals surface area (Å²) in [4.78, 5) is 12.2. The quantitative estimate of drug-likeness (QED) is 0.552. The van der Waals surface area contributed by atoms with E-state index in [1.807, 2.05) is 12.2 Å². The maximum atomic E-state index is 12.2. The zero-order valence-corrected chi connectivity index (χ0v) is 14.4. The number of carbonyl (C=O) groups excluding carboxylic acids is 1. The van der Waals surface area contributed by atoms with Crippen LogP contribution in [0.2, 0.25) is 0 Å². The number of rotatable bonds is 5. The monoisotopic (exact) mass is 322 g/mol. The predicted molar refractivity (Wildman–Crippen MR) is 90.2 cm³/mol. The molecule has 0 aromatic carbocycles. The van der Waals surface area contributed by atoms with E-state index in [1.165, 1.54) is 0 Å². The molecule has 23 heavy (non-hydrogen) atoms. The van der Waals surface area contributed by atoms with Gasteiger partial charge in [0, 0.05) is 7.11 Å². The molecule has 4 heteroatoms. The highest BCUT2D eigenvalue weighted by molar-refractivity contribution is 5.60. The number of carbonyl (C=O) groups is 1. The lowest BCUT2D eigenvalue weighted by atomic mass is 9.80. The van der Waals surface area contributed by atoms with Crippen molar-refractivity contribution in [1.82, 2.24) is 0 Å². The van der Waals surface area contributed by atoms with Crippen molar-refractivity contribution in [1.29, 1.82) is 0 Å². The third-order valence-electron chi connectivity index (χ3n) is 5.37. The van der Waals surface area contributed by atoms with E-state index in [2.05, 4.69) is 20.1 Å². The largest absolute Gasteiger partial charge is 0.508 e. The first-order valence-electron chi connectivity index (χ1n) is 8.72. The van der Waals surface area contributed by atoms with Crippen LogP contribution in [0.5, 0.6) is 0 Å². The van der Waals surface area contributed by atoms with Gasteiger partial charge in [0.1, 0.15) is 12.2 Å². The van der Waals surface area contributed by atoms with Crippen molar-refractivity contribution in [2.75, 3.05) is 7.11 Å². The van der Waals surface area contributed by atoms with Gasteiger partial charge in [-0.05, 0) is 56.3 Å². The fraction of sp³-hybridized carbons (Fsp3) is 0.737. The average molecular weight is 322 g/mol. The summed E-state index contributed by atoms with van der Waals surface area (Å²) in [7, 11) is 1.67. The Kier molecular flexibility index (Phi) is 6.70. The number of hydrogen-bond donors (Lipinski definition) is 0. The van der Waals surface area contributed by atoms with Gasteiger partial charge in [0.05, 0.1) is 6.10 Å². The van der Waals surface area contributed by atoms with Gasteiger partial charge in [-0.25, -0.2) is 4.79 Å². The average Bonchev–Trinajstić information content (AvgIpc) is 2.56. The highest BCUT2D eigenvalue weighted by atomic mass is 16.7. The maximum absolute atomic E-state index is 12.2. The molecule has 4 nitrogen and oxygen atoms in total. The van der Waals surface area contributed by atoms with Gasteiger partial charge in [0.15, 0.2) is 0 Å². The first kappa shape index (κ1) is 18.1. The van der Waals surface area contributed by atoms with Crippen LogP contribution >= 0.6 is 0 Å². The SMILES string of the molecule is C=CC1CCC(OC(=O)OC2CC(C=C)CCC2OC)C(C)C1. The van der Waals surface area contributed by atoms with Crippen LogP contribution in [0.3, 0.4) is 0 Å².